The molecule has 3 aliphatic heterocycles. The van der Waals surface area contributed by atoms with Crippen molar-refractivity contribution in [1.29, 1.82) is 0 Å². The molecule has 0 amide bonds. The van der Waals surface area contributed by atoms with E-state index in [-0.39, 0.29) is 0 Å². The Bertz CT molecular complexity index is 612. The average molecular weight is 271 g/mol. The van der Waals surface area contributed by atoms with Crippen LogP contribution in [0, 0.1) is 5.92 Å². The fourth-order valence-electron chi connectivity index (χ4n) is 4.62. The lowest BCUT2D eigenvalue weighted by Crippen LogP contribution is -2.36. The first-order valence-electron chi connectivity index (χ1n) is 7.48. The number of carbonyl (C=O) groups excluding carboxylic acids is 1. The van der Waals surface area contributed by atoms with Crippen LogP contribution < -0.4 is 9.47 Å². The minimum absolute atomic E-state index is 0.331. The number of rotatable bonds is 0. The third-order valence-electron chi connectivity index (χ3n) is 5.50. The van der Waals surface area contributed by atoms with Gasteiger partial charge in [0.25, 0.3) is 0 Å². The molecule has 1 saturated heterocycles. The maximum atomic E-state index is 11.8. The molecule has 2 bridgehead atoms. The molecular weight excluding hydrogens is 254 g/mol. The van der Waals surface area contributed by atoms with Gasteiger partial charge in [0.2, 0.25) is 6.79 Å². The summed E-state index contributed by atoms with van der Waals surface area (Å²) in [5.41, 5.74) is 2.76. The highest BCUT2D eigenvalue weighted by atomic mass is 16.7. The fourth-order valence-corrected chi connectivity index (χ4v) is 4.62. The molecule has 4 heteroatoms. The Hall–Kier alpha value is -1.55. The second-order valence-corrected chi connectivity index (χ2v) is 6.45. The van der Waals surface area contributed by atoms with Crippen LogP contribution in [0.4, 0.5) is 0 Å². The molecule has 2 fully saturated rings. The van der Waals surface area contributed by atoms with E-state index in [1.54, 1.807) is 0 Å². The van der Waals surface area contributed by atoms with Crippen LogP contribution >= 0.6 is 0 Å². The number of fused-ring (bicyclic) bond motifs is 8. The van der Waals surface area contributed by atoms with Gasteiger partial charge >= 0.3 is 0 Å². The Balaban J connectivity index is 1.60. The van der Waals surface area contributed by atoms with Crippen molar-refractivity contribution in [2.75, 3.05) is 13.3 Å². The second kappa shape index (κ2) is 3.76. The topological polar surface area (TPSA) is 38.8 Å². The number of ketones is 1. The van der Waals surface area contributed by atoms with Crippen LogP contribution in [0.5, 0.6) is 11.5 Å². The summed E-state index contributed by atoms with van der Waals surface area (Å²) in [6, 6.07) is 4.92. The number of nitrogens with zero attached hydrogens (tertiary/aromatic N) is 1. The SMILES string of the molecule is O=C1CC[C@H]2[C@@H](C1)[C@H]1CN2Cc2cc3c(cc21)OCO3. The first kappa shape index (κ1) is 11.1. The van der Waals surface area contributed by atoms with E-state index in [0.717, 1.165) is 43.9 Å². The average Bonchev–Trinajstić information content (AvgIpc) is 3.00. The molecule has 0 radical (unpaired) electrons. The minimum Gasteiger partial charge on any atom is -0.454 e. The van der Waals surface area contributed by atoms with Crippen molar-refractivity contribution >= 4 is 5.78 Å². The highest BCUT2D eigenvalue weighted by molar-refractivity contribution is 5.80. The molecule has 1 saturated carbocycles. The van der Waals surface area contributed by atoms with Crippen molar-refractivity contribution < 1.29 is 14.3 Å². The van der Waals surface area contributed by atoms with Gasteiger partial charge in [-0.05, 0) is 35.6 Å². The van der Waals surface area contributed by atoms with E-state index in [9.17, 15) is 4.79 Å². The third kappa shape index (κ3) is 1.37. The van der Waals surface area contributed by atoms with Gasteiger partial charge in [-0.3, -0.25) is 9.69 Å². The molecule has 20 heavy (non-hydrogen) atoms. The minimum atomic E-state index is 0.331. The van der Waals surface area contributed by atoms with Gasteiger partial charge in [-0.25, -0.2) is 0 Å². The van der Waals surface area contributed by atoms with Gasteiger partial charge in [-0.15, -0.1) is 0 Å². The first-order valence-corrected chi connectivity index (χ1v) is 7.48. The molecule has 104 valence electrons. The molecule has 1 aromatic rings. The van der Waals surface area contributed by atoms with Gasteiger partial charge in [-0.2, -0.15) is 0 Å². The molecule has 4 atom stereocenters. The number of hydrogen-bond donors (Lipinski definition) is 0. The molecule has 4 nitrogen and oxygen atoms in total. The van der Waals surface area contributed by atoms with Crippen LogP contribution in [0.15, 0.2) is 12.1 Å². The highest BCUT2D eigenvalue weighted by Gasteiger charge is 2.48. The molecule has 1 aliphatic carbocycles. The normalized spacial score (nSPS) is 36.7. The molecule has 4 aliphatic rings. The molecule has 1 unspecified atom stereocenters. The molecule has 3 heterocycles. The lowest BCUT2D eigenvalue weighted by atomic mass is 9.76. The maximum Gasteiger partial charge on any atom is 0.231 e. The fraction of sp³-hybridized carbons (Fsp3) is 0.562. The summed E-state index contributed by atoms with van der Waals surface area (Å²) in [6.07, 6.45) is 2.57. The molecule has 1 aromatic carbocycles. The van der Waals surface area contributed by atoms with Crippen molar-refractivity contribution in [2.45, 2.75) is 37.8 Å². The van der Waals surface area contributed by atoms with E-state index >= 15 is 0 Å². The van der Waals surface area contributed by atoms with Crippen molar-refractivity contribution in [3.8, 4) is 11.5 Å². The van der Waals surface area contributed by atoms with Crippen molar-refractivity contribution in [2.24, 2.45) is 5.92 Å². The zero-order chi connectivity index (χ0) is 13.3. The van der Waals surface area contributed by atoms with Crippen molar-refractivity contribution in [1.82, 2.24) is 4.90 Å². The van der Waals surface area contributed by atoms with E-state index in [1.807, 2.05) is 0 Å². The predicted octanol–water partition coefficient (Wildman–Crippen LogP) is 2.07. The van der Waals surface area contributed by atoms with Crippen LogP contribution in [0.2, 0.25) is 0 Å². The van der Waals surface area contributed by atoms with Gasteiger partial charge in [-0.1, -0.05) is 0 Å². The predicted molar refractivity (Wildman–Crippen MR) is 71.9 cm³/mol. The smallest absolute Gasteiger partial charge is 0.231 e. The number of ether oxygens (including phenoxy) is 2. The number of hydrogen-bond acceptors (Lipinski definition) is 4. The maximum absolute atomic E-state index is 11.8. The van der Waals surface area contributed by atoms with Crippen molar-refractivity contribution in [3.63, 3.8) is 0 Å². The lowest BCUT2D eigenvalue weighted by molar-refractivity contribution is -0.122. The quantitative estimate of drug-likeness (QED) is 0.724. The standard InChI is InChI=1S/C16H17NO3/c18-10-1-2-14-12(4-10)13-7-17(14)6-9-3-15-16(5-11(9)13)20-8-19-15/h3,5,12-14H,1-2,4,6-8H2/t12-,13-,14-/m0/s1. The monoisotopic (exact) mass is 271 g/mol. The Morgan fingerprint density at radius 3 is 2.95 bits per heavy atom. The zero-order valence-electron chi connectivity index (χ0n) is 11.3. The van der Waals surface area contributed by atoms with Gasteiger partial charge in [0.1, 0.15) is 5.78 Å². The Morgan fingerprint density at radius 2 is 2.05 bits per heavy atom. The summed E-state index contributed by atoms with van der Waals surface area (Å²) < 4.78 is 11.0. The van der Waals surface area contributed by atoms with Crippen molar-refractivity contribution in [3.05, 3.63) is 23.3 Å². The largest absolute Gasteiger partial charge is 0.454 e. The number of carbonyl (C=O) groups is 1. The summed E-state index contributed by atoms with van der Waals surface area (Å²) in [5.74, 6) is 3.22. The Morgan fingerprint density at radius 1 is 1.20 bits per heavy atom. The Labute approximate surface area is 117 Å². The van der Waals surface area contributed by atoms with E-state index in [1.165, 1.54) is 11.1 Å². The molecular formula is C16H17NO3. The van der Waals surface area contributed by atoms with Gasteiger partial charge in [0.15, 0.2) is 11.5 Å². The van der Waals surface area contributed by atoms with Crippen LogP contribution in [-0.4, -0.2) is 30.1 Å². The third-order valence-corrected chi connectivity index (χ3v) is 5.50. The number of Topliss-reactive ketones (excluding diaryl/α,β-unsaturated/α-hetero) is 1. The lowest BCUT2D eigenvalue weighted by Gasteiger charge is -2.30. The molecule has 0 spiro atoms. The molecule has 0 N–H and O–H groups in total. The van der Waals surface area contributed by atoms with E-state index in [4.69, 9.17) is 9.47 Å². The van der Waals surface area contributed by atoms with Gasteiger partial charge < -0.3 is 9.47 Å². The van der Waals surface area contributed by atoms with Crippen LogP contribution in [0.25, 0.3) is 0 Å². The van der Waals surface area contributed by atoms with Gasteiger partial charge in [0.05, 0.1) is 0 Å². The second-order valence-electron chi connectivity index (χ2n) is 6.45. The first-order chi connectivity index (χ1) is 9.79. The van der Waals surface area contributed by atoms with E-state index in [2.05, 4.69) is 17.0 Å². The van der Waals surface area contributed by atoms with Crippen LogP contribution in [0.3, 0.4) is 0 Å². The summed E-state index contributed by atoms with van der Waals surface area (Å²) in [6.45, 7) is 2.43. The summed E-state index contributed by atoms with van der Waals surface area (Å²) in [7, 11) is 0. The zero-order valence-corrected chi connectivity index (χ0v) is 11.3. The number of benzene rings is 1. The molecule has 0 aromatic heterocycles. The van der Waals surface area contributed by atoms with E-state index in [0.29, 0.717) is 30.5 Å². The molecule has 5 rings (SSSR count). The summed E-state index contributed by atoms with van der Waals surface area (Å²) in [5, 5.41) is 0. The van der Waals surface area contributed by atoms with Crippen LogP contribution in [-0.2, 0) is 11.3 Å². The summed E-state index contributed by atoms with van der Waals surface area (Å²) in [4.78, 5) is 14.4. The van der Waals surface area contributed by atoms with E-state index < -0.39 is 0 Å². The Kier molecular flexibility index (Phi) is 2.09. The van der Waals surface area contributed by atoms with Gasteiger partial charge in [0, 0.05) is 37.9 Å². The van der Waals surface area contributed by atoms with Crippen LogP contribution in [0.1, 0.15) is 36.3 Å². The summed E-state index contributed by atoms with van der Waals surface area (Å²) >= 11 is 0. The highest BCUT2D eigenvalue weighted by Crippen LogP contribution is 2.51.